The Labute approximate surface area is 125 Å². The van der Waals surface area contributed by atoms with Crippen LogP contribution in [0.3, 0.4) is 0 Å². The van der Waals surface area contributed by atoms with E-state index in [0.717, 1.165) is 18.2 Å². The zero-order valence-corrected chi connectivity index (χ0v) is 11.7. The van der Waals surface area contributed by atoms with Crippen molar-refractivity contribution in [2.75, 3.05) is 6.61 Å². The summed E-state index contributed by atoms with van der Waals surface area (Å²) in [5.74, 6) is -3.21. The van der Waals surface area contributed by atoms with Gasteiger partial charge >= 0.3 is 5.97 Å². The van der Waals surface area contributed by atoms with Gasteiger partial charge in [0.2, 0.25) is 0 Å². The number of rotatable bonds is 4. The number of carbonyl (C=O) groups is 1. The van der Waals surface area contributed by atoms with Crippen LogP contribution in [-0.4, -0.2) is 22.7 Å². The molecule has 0 saturated heterocycles. The van der Waals surface area contributed by atoms with Crippen LogP contribution in [0.5, 0.6) is 0 Å². The van der Waals surface area contributed by atoms with E-state index >= 15 is 0 Å². The first-order valence-corrected chi connectivity index (χ1v) is 6.51. The summed E-state index contributed by atoms with van der Waals surface area (Å²) in [6, 6.07) is 7.24. The molecular formula is C16H13F2NO3. The summed E-state index contributed by atoms with van der Waals surface area (Å²) in [5.41, 5.74) is -0.664. The third kappa shape index (κ3) is 3.28. The number of carbonyl (C=O) groups excluding carboxylic acids is 1. The van der Waals surface area contributed by atoms with Gasteiger partial charge < -0.3 is 9.84 Å². The summed E-state index contributed by atoms with van der Waals surface area (Å²) in [6.45, 7) is 1.65. The van der Waals surface area contributed by atoms with Gasteiger partial charge in [0.1, 0.15) is 23.0 Å². The lowest BCUT2D eigenvalue weighted by atomic mass is 10.0. The van der Waals surface area contributed by atoms with Crippen LogP contribution in [0.4, 0.5) is 8.78 Å². The van der Waals surface area contributed by atoms with Gasteiger partial charge in [-0.25, -0.2) is 13.6 Å². The lowest BCUT2D eigenvalue weighted by Crippen LogP contribution is -2.11. The molecule has 0 aliphatic rings. The Kier molecular flexibility index (Phi) is 4.83. The van der Waals surface area contributed by atoms with E-state index in [-0.39, 0.29) is 17.9 Å². The highest BCUT2D eigenvalue weighted by Crippen LogP contribution is 2.26. The van der Waals surface area contributed by atoms with Crippen molar-refractivity contribution in [1.82, 2.24) is 4.98 Å². The Morgan fingerprint density at radius 2 is 2.05 bits per heavy atom. The molecule has 114 valence electrons. The van der Waals surface area contributed by atoms with Crippen LogP contribution in [0.2, 0.25) is 0 Å². The molecule has 0 bridgehead atoms. The van der Waals surface area contributed by atoms with E-state index in [1.807, 2.05) is 0 Å². The molecule has 1 aromatic carbocycles. The maximum Gasteiger partial charge on any atom is 0.344 e. The molecule has 0 unspecified atom stereocenters. The van der Waals surface area contributed by atoms with E-state index in [0.29, 0.717) is 0 Å². The van der Waals surface area contributed by atoms with Crippen molar-refractivity contribution in [2.24, 2.45) is 0 Å². The first-order chi connectivity index (χ1) is 10.5. The van der Waals surface area contributed by atoms with E-state index in [1.165, 1.54) is 12.3 Å². The van der Waals surface area contributed by atoms with Gasteiger partial charge in [-0.1, -0.05) is 6.07 Å². The molecule has 0 fully saturated rings. The molecule has 0 atom stereocenters. The van der Waals surface area contributed by atoms with Gasteiger partial charge in [-0.15, -0.1) is 0 Å². The number of ether oxygens (including phenoxy) is 1. The predicted octanol–water partition coefficient (Wildman–Crippen LogP) is 3.35. The molecule has 2 rings (SSSR count). The summed E-state index contributed by atoms with van der Waals surface area (Å²) in [5, 5.41) is 10.3. The topological polar surface area (TPSA) is 59.4 Å². The predicted molar refractivity (Wildman–Crippen MR) is 76.7 cm³/mol. The van der Waals surface area contributed by atoms with Gasteiger partial charge in [0, 0.05) is 6.20 Å². The minimum atomic E-state index is -0.873. The summed E-state index contributed by atoms with van der Waals surface area (Å²) in [4.78, 5) is 16.0. The molecule has 0 amide bonds. The fourth-order valence-corrected chi connectivity index (χ4v) is 1.85. The molecule has 1 N–H and O–H groups in total. The monoisotopic (exact) mass is 305 g/mol. The molecule has 22 heavy (non-hydrogen) atoms. The molecule has 4 nitrogen and oxygen atoms in total. The highest BCUT2D eigenvalue weighted by atomic mass is 19.1. The number of pyridine rings is 1. The largest absolute Gasteiger partial charge is 0.506 e. The van der Waals surface area contributed by atoms with Crippen molar-refractivity contribution in [3.05, 3.63) is 65.5 Å². The molecule has 0 aliphatic heterocycles. The quantitative estimate of drug-likeness (QED) is 0.534. The number of hydrogen-bond donors (Lipinski definition) is 1. The van der Waals surface area contributed by atoms with Crippen LogP contribution in [0, 0.1) is 11.6 Å². The molecule has 0 spiro atoms. The zero-order valence-electron chi connectivity index (χ0n) is 11.7. The van der Waals surface area contributed by atoms with Gasteiger partial charge in [0.05, 0.1) is 17.9 Å². The second-order valence-corrected chi connectivity index (χ2v) is 4.28. The summed E-state index contributed by atoms with van der Waals surface area (Å²) in [6.07, 6.45) is 1.41. The Balaban J connectivity index is 2.65. The van der Waals surface area contributed by atoms with Gasteiger partial charge in [-0.05, 0) is 37.3 Å². The van der Waals surface area contributed by atoms with Crippen molar-refractivity contribution < 1.29 is 23.4 Å². The number of aliphatic hydroxyl groups is 1. The number of benzene rings is 1. The normalized spacial score (nSPS) is 11.8. The summed E-state index contributed by atoms with van der Waals surface area (Å²) < 4.78 is 32.0. The molecule has 0 aliphatic carbocycles. The maximum absolute atomic E-state index is 13.8. The number of nitrogens with zero attached hydrogens (tertiary/aromatic N) is 1. The van der Waals surface area contributed by atoms with Crippen molar-refractivity contribution in [2.45, 2.75) is 6.92 Å². The second kappa shape index (κ2) is 6.80. The maximum atomic E-state index is 13.8. The van der Waals surface area contributed by atoms with Gasteiger partial charge in [0.15, 0.2) is 0 Å². The SMILES string of the molecule is CCOC(=O)/C(=C(\O)c1cc(F)ccc1F)c1ccccn1. The van der Waals surface area contributed by atoms with Crippen LogP contribution in [-0.2, 0) is 9.53 Å². The lowest BCUT2D eigenvalue weighted by Gasteiger charge is -2.10. The summed E-state index contributed by atoms with van der Waals surface area (Å²) >= 11 is 0. The zero-order chi connectivity index (χ0) is 16.1. The Bertz CT molecular complexity index is 715. The second-order valence-electron chi connectivity index (χ2n) is 4.28. The minimum absolute atomic E-state index is 0.0636. The highest BCUT2D eigenvalue weighted by Gasteiger charge is 2.23. The Morgan fingerprint density at radius 3 is 2.68 bits per heavy atom. The Morgan fingerprint density at radius 1 is 1.27 bits per heavy atom. The summed E-state index contributed by atoms with van der Waals surface area (Å²) in [7, 11) is 0. The molecule has 2 aromatic rings. The molecule has 0 radical (unpaired) electrons. The minimum Gasteiger partial charge on any atom is -0.506 e. The number of hydrogen-bond acceptors (Lipinski definition) is 4. The van der Waals surface area contributed by atoms with E-state index in [2.05, 4.69) is 4.98 Å². The fraction of sp³-hybridized carbons (Fsp3) is 0.125. The van der Waals surface area contributed by atoms with E-state index in [4.69, 9.17) is 4.74 Å². The fourth-order valence-electron chi connectivity index (χ4n) is 1.85. The molecular weight excluding hydrogens is 292 g/mol. The van der Waals surface area contributed by atoms with Crippen molar-refractivity contribution >= 4 is 17.3 Å². The van der Waals surface area contributed by atoms with Crippen LogP contribution < -0.4 is 0 Å². The molecule has 1 aromatic heterocycles. The molecule has 6 heteroatoms. The van der Waals surface area contributed by atoms with Crippen molar-refractivity contribution in [1.29, 1.82) is 0 Å². The van der Waals surface area contributed by atoms with Crippen LogP contribution in [0.15, 0.2) is 42.6 Å². The average molecular weight is 305 g/mol. The smallest absolute Gasteiger partial charge is 0.344 e. The highest BCUT2D eigenvalue weighted by molar-refractivity contribution is 6.22. The number of aliphatic hydroxyl groups excluding tert-OH is 1. The third-order valence-corrected chi connectivity index (χ3v) is 2.82. The van der Waals surface area contributed by atoms with Gasteiger partial charge in [0.25, 0.3) is 0 Å². The Hall–Kier alpha value is -2.76. The number of halogens is 2. The molecule has 1 heterocycles. The lowest BCUT2D eigenvalue weighted by molar-refractivity contribution is -0.136. The van der Waals surface area contributed by atoms with Gasteiger partial charge in [-0.2, -0.15) is 0 Å². The number of esters is 1. The average Bonchev–Trinajstić information content (AvgIpc) is 2.51. The molecule has 0 saturated carbocycles. The first kappa shape index (κ1) is 15.6. The van der Waals surface area contributed by atoms with Crippen molar-refractivity contribution in [3.8, 4) is 0 Å². The number of aromatic nitrogens is 1. The van der Waals surface area contributed by atoms with Crippen LogP contribution >= 0.6 is 0 Å². The van der Waals surface area contributed by atoms with Crippen LogP contribution in [0.25, 0.3) is 11.3 Å². The van der Waals surface area contributed by atoms with Gasteiger partial charge in [-0.3, -0.25) is 4.98 Å². The van der Waals surface area contributed by atoms with Crippen molar-refractivity contribution in [3.63, 3.8) is 0 Å². The standard InChI is InChI=1S/C16H13F2NO3/c1-2-22-16(21)14(13-5-3-4-8-19-13)15(20)11-9-10(17)6-7-12(11)18/h3-9,20H,2H2,1H3/b15-14-. The first-order valence-electron chi connectivity index (χ1n) is 6.51. The van der Waals surface area contributed by atoms with Crippen LogP contribution in [0.1, 0.15) is 18.2 Å². The van der Waals surface area contributed by atoms with E-state index in [1.54, 1.807) is 19.1 Å². The third-order valence-electron chi connectivity index (χ3n) is 2.82. The van der Waals surface area contributed by atoms with E-state index < -0.39 is 28.9 Å². The van der Waals surface area contributed by atoms with E-state index in [9.17, 15) is 18.7 Å².